The standard InChI is InChI=1S/C12H15F4NO/c1-17-8-9-7-10(13)3-4-11(9)18-6-2-5-12(14,15)16/h3-4,7,17H,2,5-6,8H2,1H3. The van der Waals surface area contributed by atoms with E-state index in [2.05, 4.69) is 5.32 Å². The zero-order valence-electron chi connectivity index (χ0n) is 9.98. The van der Waals surface area contributed by atoms with E-state index in [0.29, 0.717) is 17.9 Å². The molecule has 0 bridgehead atoms. The summed E-state index contributed by atoms with van der Waals surface area (Å²) in [5.74, 6) is 0.0100. The highest BCUT2D eigenvalue weighted by Crippen LogP contribution is 2.23. The normalized spacial score (nSPS) is 11.6. The molecule has 0 saturated carbocycles. The number of benzene rings is 1. The van der Waals surface area contributed by atoms with Gasteiger partial charge in [0.25, 0.3) is 0 Å². The molecule has 0 atom stereocenters. The van der Waals surface area contributed by atoms with Crippen molar-refractivity contribution < 1.29 is 22.3 Å². The summed E-state index contributed by atoms with van der Waals surface area (Å²) in [7, 11) is 1.69. The third-order valence-corrected chi connectivity index (χ3v) is 2.25. The predicted molar refractivity (Wildman–Crippen MR) is 59.9 cm³/mol. The van der Waals surface area contributed by atoms with E-state index in [1.165, 1.54) is 18.2 Å². The average molecular weight is 265 g/mol. The Kier molecular flexibility index (Phi) is 5.40. The molecule has 0 aliphatic carbocycles. The second-order valence-corrected chi connectivity index (χ2v) is 3.85. The maximum Gasteiger partial charge on any atom is 0.389 e. The summed E-state index contributed by atoms with van der Waals surface area (Å²) in [5, 5.41) is 2.84. The summed E-state index contributed by atoms with van der Waals surface area (Å²) in [5.41, 5.74) is 0.588. The van der Waals surface area contributed by atoms with Crippen molar-refractivity contribution in [2.24, 2.45) is 0 Å². The first-order valence-electron chi connectivity index (χ1n) is 5.55. The average Bonchev–Trinajstić information content (AvgIpc) is 2.26. The van der Waals surface area contributed by atoms with E-state index in [9.17, 15) is 17.6 Å². The number of hydrogen-bond donors (Lipinski definition) is 1. The molecular weight excluding hydrogens is 250 g/mol. The topological polar surface area (TPSA) is 21.3 Å². The molecule has 102 valence electrons. The van der Waals surface area contributed by atoms with Crippen LogP contribution in [-0.4, -0.2) is 19.8 Å². The van der Waals surface area contributed by atoms with E-state index >= 15 is 0 Å². The number of halogens is 4. The molecule has 0 fully saturated rings. The molecule has 6 heteroatoms. The first-order valence-corrected chi connectivity index (χ1v) is 5.55. The van der Waals surface area contributed by atoms with Crippen LogP contribution in [0.3, 0.4) is 0 Å². The lowest BCUT2D eigenvalue weighted by molar-refractivity contribution is -0.136. The lowest BCUT2D eigenvalue weighted by atomic mass is 10.2. The highest BCUT2D eigenvalue weighted by Gasteiger charge is 2.26. The van der Waals surface area contributed by atoms with Crippen molar-refractivity contribution in [2.75, 3.05) is 13.7 Å². The van der Waals surface area contributed by atoms with E-state index in [4.69, 9.17) is 4.74 Å². The van der Waals surface area contributed by atoms with Crippen molar-refractivity contribution in [2.45, 2.75) is 25.6 Å². The lowest BCUT2D eigenvalue weighted by Gasteiger charge is -2.12. The van der Waals surface area contributed by atoms with Gasteiger partial charge in [-0.1, -0.05) is 0 Å². The van der Waals surface area contributed by atoms with Gasteiger partial charge in [0.1, 0.15) is 11.6 Å². The van der Waals surface area contributed by atoms with E-state index in [-0.39, 0.29) is 13.0 Å². The number of nitrogens with one attached hydrogen (secondary N) is 1. The van der Waals surface area contributed by atoms with Crippen molar-refractivity contribution in [3.05, 3.63) is 29.6 Å². The van der Waals surface area contributed by atoms with Crippen LogP contribution in [0.15, 0.2) is 18.2 Å². The van der Waals surface area contributed by atoms with Crippen molar-refractivity contribution >= 4 is 0 Å². The van der Waals surface area contributed by atoms with Crippen LogP contribution in [0.25, 0.3) is 0 Å². The Balaban J connectivity index is 2.51. The Morgan fingerprint density at radius 2 is 2.00 bits per heavy atom. The van der Waals surface area contributed by atoms with Gasteiger partial charge in [-0.25, -0.2) is 4.39 Å². The largest absolute Gasteiger partial charge is 0.493 e. The summed E-state index contributed by atoms with van der Waals surface area (Å²) in [6.45, 7) is 0.355. The number of alkyl halides is 3. The predicted octanol–water partition coefficient (Wildman–Crippen LogP) is 3.27. The number of rotatable bonds is 6. The second-order valence-electron chi connectivity index (χ2n) is 3.85. The van der Waals surface area contributed by atoms with Gasteiger partial charge in [-0.3, -0.25) is 0 Å². The molecular formula is C12H15F4NO. The second kappa shape index (κ2) is 6.58. The number of ether oxygens (including phenoxy) is 1. The number of hydrogen-bond acceptors (Lipinski definition) is 2. The van der Waals surface area contributed by atoms with Crippen molar-refractivity contribution in [1.29, 1.82) is 0 Å². The van der Waals surface area contributed by atoms with Gasteiger partial charge in [0.15, 0.2) is 0 Å². The van der Waals surface area contributed by atoms with E-state index < -0.39 is 18.4 Å². The van der Waals surface area contributed by atoms with Gasteiger partial charge in [0.2, 0.25) is 0 Å². The van der Waals surface area contributed by atoms with Crippen LogP contribution in [0.5, 0.6) is 5.75 Å². The van der Waals surface area contributed by atoms with Crippen molar-refractivity contribution in [3.8, 4) is 5.75 Å². The van der Waals surface area contributed by atoms with Crippen LogP contribution >= 0.6 is 0 Å². The third-order valence-electron chi connectivity index (χ3n) is 2.25. The lowest BCUT2D eigenvalue weighted by Crippen LogP contribution is -2.11. The summed E-state index contributed by atoms with van der Waals surface area (Å²) in [4.78, 5) is 0. The van der Waals surface area contributed by atoms with Gasteiger partial charge in [-0.2, -0.15) is 13.2 Å². The molecule has 0 unspecified atom stereocenters. The van der Waals surface area contributed by atoms with E-state index in [1.54, 1.807) is 7.05 Å². The molecule has 0 saturated heterocycles. The highest BCUT2D eigenvalue weighted by molar-refractivity contribution is 5.33. The van der Waals surface area contributed by atoms with Gasteiger partial charge < -0.3 is 10.1 Å². The van der Waals surface area contributed by atoms with Crippen molar-refractivity contribution in [3.63, 3.8) is 0 Å². The molecule has 0 radical (unpaired) electrons. The summed E-state index contributed by atoms with van der Waals surface area (Å²) >= 11 is 0. The zero-order valence-corrected chi connectivity index (χ0v) is 9.98. The molecule has 1 aromatic rings. The molecule has 0 amide bonds. The zero-order chi connectivity index (χ0) is 13.6. The van der Waals surface area contributed by atoms with Crippen LogP contribution in [0, 0.1) is 5.82 Å². The molecule has 0 aromatic heterocycles. The molecule has 0 aliphatic heterocycles. The molecule has 0 spiro atoms. The highest BCUT2D eigenvalue weighted by atomic mass is 19.4. The molecule has 0 heterocycles. The van der Waals surface area contributed by atoms with Crippen LogP contribution in [0.1, 0.15) is 18.4 Å². The van der Waals surface area contributed by atoms with Crippen LogP contribution in [0.2, 0.25) is 0 Å². The summed E-state index contributed by atoms with van der Waals surface area (Å²) in [6, 6.07) is 3.95. The molecule has 2 nitrogen and oxygen atoms in total. The van der Waals surface area contributed by atoms with E-state index in [1.807, 2.05) is 0 Å². The van der Waals surface area contributed by atoms with Gasteiger partial charge in [0, 0.05) is 18.5 Å². The van der Waals surface area contributed by atoms with Crippen LogP contribution in [0.4, 0.5) is 17.6 Å². The monoisotopic (exact) mass is 265 g/mol. The Bertz CT molecular complexity index is 379. The summed E-state index contributed by atoms with van der Waals surface area (Å²) < 4.78 is 54.0. The minimum absolute atomic E-state index is 0.0398. The Labute approximate surface area is 103 Å². The quantitative estimate of drug-likeness (QED) is 0.629. The van der Waals surface area contributed by atoms with Crippen LogP contribution < -0.4 is 10.1 Å². The van der Waals surface area contributed by atoms with Gasteiger partial charge in [-0.05, 0) is 31.7 Å². The fraction of sp³-hybridized carbons (Fsp3) is 0.500. The fourth-order valence-electron chi connectivity index (χ4n) is 1.47. The summed E-state index contributed by atoms with van der Waals surface area (Å²) in [6.07, 6.45) is -5.16. The smallest absolute Gasteiger partial charge is 0.389 e. The Hall–Kier alpha value is -1.30. The Morgan fingerprint density at radius 1 is 1.28 bits per heavy atom. The minimum atomic E-state index is -4.17. The Morgan fingerprint density at radius 3 is 2.61 bits per heavy atom. The van der Waals surface area contributed by atoms with Gasteiger partial charge in [0.05, 0.1) is 6.61 Å². The first-order chi connectivity index (χ1) is 8.42. The third kappa shape index (κ3) is 5.35. The van der Waals surface area contributed by atoms with Crippen LogP contribution in [-0.2, 0) is 6.54 Å². The van der Waals surface area contributed by atoms with Gasteiger partial charge >= 0.3 is 6.18 Å². The molecule has 1 N–H and O–H groups in total. The SMILES string of the molecule is CNCc1cc(F)ccc1OCCCC(F)(F)F. The van der Waals surface area contributed by atoms with Gasteiger partial charge in [-0.15, -0.1) is 0 Å². The maximum atomic E-state index is 13.0. The molecule has 0 aliphatic rings. The fourth-order valence-corrected chi connectivity index (χ4v) is 1.47. The molecule has 18 heavy (non-hydrogen) atoms. The minimum Gasteiger partial charge on any atom is -0.493 e. The first kappa shape index (κ1) is 14.8. The maximum absolute atomic E-state index is 13.0. The van der Waals surface area contributed by atoms with Crippen molar-refractivity contribution in [1.82, 2.24) is 5.32 Å². The molecule has 1 aromatic carbocycles. The van der Waals surface area contributed by atoms with E-state index in [0.717, 1.165) is 0 Å². The molecule has 1 rings (SSSR count).